The molecule has 0 atom stereocenters. The Labute approximate surface area is 87.9 Å². The molecule has 6 heavy (non-hydrogen) atoms. The molecule has 2 heteroatoms. The van der Waals surface area contributed by atoms with Gasteiger partial charge in [0.2, 0.25) is 0 Å². The first-order valence-corrected chi connectivity index (χ1v) is 1.70. The van der Waals surface area contributed by atoms with E-state index in [-0.39, 0.29) is 58.2 Å². The number of rotatable bonds is 0. The zero-order valence-corrected chi connectivity index (χ0v) is 9.82. The maximum atomic E-state index is 10.1. The van der Waals surface area contributed by atoms with Gasteiger partial charge in [-0.2, -0.15) is 0 Å². The van der Waals surface area contributed by atoms with Gasteiger partial charge < -0.3 is 5.11 Å². The van der Waals surface area contributed by atoms with E-state index in [1.807, 2.05) is 0 Å². The van der Waals surface area contributed by atoms with Crippen LogP contribution in [-0.2, 0) is 0 Å². The Kier molecular flexibility index (Phi) is 6.65. The average Bonchev–Trinajstić information content (AvgIpc) is 0.722. The van der Waals surface area contributed by atoms with Crippen LogP contribution in [-0.4, -0.2) is 5.60 Å². The summed E-state index contributed by atoms with van der Waals surface area (Å²) in [5.41, 5.74) is -0.750. The van der Waals surface area contributed by atoms with Crippen molar-refractivity contribution in [1.29, 1.82) is 0 Å². The first kappa shape index (κ1) is 10.7. The van der Waals surface area contributed by atoms with Crippen molar-refractivity contribution in [3.05, 3.63) is 0 Å². The minimum Gasteiger partial charge on any atom is -0.850 e. The maximum Gasteiger partial charge on any atom is 1.00 e. The molecule has 0 aliphatic carbocycles. The third-order valence-electron chi connectivity index (χ3n) is 0. The predicted octanol–water partition coefficient (Wildman–Crippen LogP) is -2.85. The average molecular weight is 159 g/mol. The summed E-state index contributed by atoms with van der Waals surface area (Å²) in [5.74, 6) is 0. The molecule has 0 aromatic rings. The van der Waals surface area contributed by atoms with Crippen molar-refractivity contribution in [2.45, 2.75) is 26.4 Å². The third kappa shape index (κ3) is 42.0. The summed E-state index contributed by atoms with van der Waals surface area (Å²) >= 11 is 0. The Bertz CT molecular complexity index is 23.0. The van der Waals surface area contributed by atoms with Crippen molar-refractivity contribution < 1.29 is 63.3 Å². The summed E-state index contributed by atoms with van der Waals surface area (Å²) in [4.78, 5) is 0. The molecular formula is C4H9ORb. The Balaban J connectivity index is 0. The van der Waals surface area contributed by atoms with Gasteiger partial charge in [-0.15, -0.1) is 5.60 Å². The Morgan fingerprint density at radius 3 is 1.17 bits per heavy atom. The third-order valence-corrected chi connectivity index (χ3v) is 0. The summed E-state index contributed by atoms with van der Waals surface area (Å²) in [5, 5.41) is 10.1. The molecule has 0 rings (SSSR count). The molecule has 0 spiro atoms. The van der Waals surface area contributed by atoms with E-state index in [1.54, 1.807) is 20.8 Å². The van der Waals surface area contributed by atoms with Gasteiger partial charge in [0, 0.05) is 0 Å². The van der Waals surface area contributed by atoms with Crippen LogP contribution >= 0.6 is 0 Å². The van der Waals surface area contributed by atoms with Crippen LogP contribution in [0.2, 0.25) is 0 Å². The van der Waals surface area contributed by atoms with E-state index < -0.39 is 5.60 Å². The van der Waals surface area contributed by atoms with Gasteiger partial charge in [0.25, 0.3) is 0 Å². The maximum absolute atomic E-state index is 10.1. The van der Waals surface area contributed by atoms with Gasteiger partial charge in [-0.25, -0.2) is 0 Å². The van der Waals surface area contributed by atoms with Crippen molar-refractivity contribution in [3.63, 3.8) is 0 Å². The second kappa shape index (κ2) is 3.73. The van der Waals surface area contributed by atoms with E-state index in [0.717, 1.165) is 0 Å². The predicted molar refractivity (Wildman–Crippen MR) is 19.8 cm³/mol. The fourth-order valence-electron chi connectivity index (χ4n) is 0. The monoisotopic (exact) mass is 158 g/mol. The second-order valence-electron chi connectivity index (χ2n) is 2.11. The molecule has 0 N–H and O–H groups in total. The summed E-state index contributed by atoms with van der Waals surface area (Å²) in [7, 11) is 0. The number of hydrogen-bond acceptors (Lipinski definition) is 1. The molecule has 0 bridgehead atoms. The van der Waals surface area contributed by atoms with Crippen LogP contribution in [0.3, 0.4) is 0 Å². The molecule has 0 unspecified atom stereocenters. The van der Waals surface area contributed by atoms with Crippen molar-refractivity contribution >= 4 is 0 Å². The second-order valence-corrected chi connectivity index (χ2v) is 2.11. The molecule has 0 saturated heterocycles. The van der Waals surface area contributed by atoms with Gasteiger partial charge in [0.05, 0.1) is 0 Å². The molecule has 32 valence electrons. The summed E-state index contributed by atoms with van der Waals surface area (Å²) in [6.45, 7) is 4.90. The standard InChI is InChI=1S/C4H9O.Rb/c1-4(2,3)5;/h1-3H3;/q-1;+1. The molecule has 0 amide bonds. The molecule has 0 aliphatic heterocycles. The summed E-state index contributed by atoms with van der Waals surface area (Å²) in [6.07, 6.45) is 0. The van der Waals surface area contributed by atoms with Gasteiger partial charge >= 0.3 is 58.2 Å². The molecule has 1 nitrogen and oxygen atoms in total. The molecule has 0 aromatic heterocycles. The van der Waals surface area contributed by atoms with Crippen LogP contribution in [0.15, 0.2) is 0 Å². The zero-order valence-electron chi connectivity index (χ0n) is 4.91. The molecule has 0 fully saturated rings. The molecule has 0 radical (unpaired) electrons. The van der Waals surface area contributed by atoms with Crippen LogP contribution < -0.4 is 63.3 Å². The Morgan fingerprint density at radius 1 is 1.17 bits per heavy atom. The SMILES string of the molecule is CC(C)(C)[O-].[Rb+]. The van der Waals surface area contributed by atoms with E-state index in [1.165, 1.54) is 0 Å². The minimum absolute atomic E-state index is 0. The molecule has 0 saturated carbocycles. The fourth-order valence-corrected chi connectivity index (χ4v) is 0. The van der Waals surface area contributed by atoms with E-state index in [0.29, 0.717) is 0 Å². The fraction of sp³-hybridized carbons (Fsp3) is 1.00. The van der Waals surface area contributed by atoms with Gasteiger partial charge in [-0.05, 0) is 0 Å². The van der Waals surface area contributed by atoms with E-state index in [4.69, 9.17) is 0 Å². The molecular weight excluding hydrogens is 150 g/mol. The first-order chi connectivity index (χ1) is 2.00. The van der Waals surface area contributed by atoms with Crippen LogP contribution in [0.4, 0.5) is 0 Å². The molecule has 0 aromatic carbocycles. The molecule has 0 heterocycles. The normalized spacial score (nSPS) is 10.0. The van der Waals surface area contributed by atoms with E-state index >= 15 is 0 Å². The minimum atomic E-state index is -0.750. The molecule has 0 aliphatic rings. The van der Waals surface area contributed by atoms with Gasteiger partial charge in [-0.1, -0.05) is 20.8 Å². The quantitative estimate of drug-likeness (QED) is 0.372. The zero-order chi connectivity index (χ0) is 4.50. The summed E-state index contributed by atoms with van der Waals surface area (Å²) in [6, 6.07) is 0. The number of hydrogen-bond donors (Lipinski definition) is 0. The van der Waals surface area contributed by atoms with Crippen LogP contribution in [0.25, 0.3) is 0 Å². The van der Waals surface area contributed by atoms with Crippen LogP contribution in [0.5, 0.6) is 0 Å². The van der Waals surface area contributed by atoms with Crippen molar-refractivity contribution in [1.82, 2.24) is 0 Å². The van der Waals surface area contributed by atoms with E-state index in [9.17, 15) is 5.11 Å². The largest absolute Gasteiger partial charge is 1.00 e. The van der Waals surface area contributed by atoms with Crippen molar-refractivity contribution in [2.75, 3.05) is 0 Å². The van der Waals surface area contributed by atoms with Gasteiger partial charge in [-0.3, -0.25) is 0 Å². The van der Waals surface area contributed by atoms with Crippen LogP contribution in [0.1, 0.15) is 20.8 Å². The van der Waals surface area contributed by atoms with E-state index in [2.05, 4.69) is 0 Å². The Hall–Kier alpha value is 1.77. The Morgan fingerprint density at radius 2 is 1.17 bits per heavy atom. The van der Waals surface area contributed by atoms with Crippen molar-refractivity contribution in [3.8, 4) is 0 Å². The van der Waals surface area contributed by atoms with Gasteiger partial charge in [0.1, 0.15) is 0 Å². The topological polar surface area (TPSA) is 23.1 Å². The van der Waals surface area contributed by atoms with Crippen LogP contribution in [0, 0.1) is 0 Å². The van der Waals surface area contributed by atoms with Crippen molar-refractivity contribution in [2.24, 2.45) is 0 Å². The van der Waals surface area contributed by atoms with Gasteiger partial charge in [0.15, 0.2) is 0 Å². The smallest absolute Gasteiger partial charge is 0.850 e. The summed E-state index contributed by atoms with van der Waals surface area (Å²) < 4.78 is 0. The first-order valence-electron chi connectivity index (χ1n) is 1.70.